The summed E-state index contributed by atoms with van der Waals surface area (Å²) in [6.07, 6.45) is 0.902. The van der Waals surface area contributed by atoms with Crippen molar-refractivity contribution in [3.63, 3.8) is 0 Å². The van der Waals surface area contributed by atoms with Crippen LogP contribution in [-0.4, -0.2) is 30.7 Å². The predicted molar refractivity (Wildman–Crippen MR) is 77.2 cm³/mol. The lowest BCUT2D eigenvalue weighted by Crippen LogP contribution is -2.23. The van der Waals surface area contributed by atoms with Crippen LogP contribution in [0.4, 0.5) is 0 Å². The van der Waals surface area contributed by atoms with Crippen LogP contribution in [0.2, 0.25) is 0 Å². The molecule has 0 aliphatic carbocycles. The highest BCUT2D eigenvalue weighted by atomic mass is 32.2. The minimum Gasteiger partial charge on any atom is -0.341 e. The van der Waals surface area contributed by atoms with Gasteiger partial charge in [0.25, 0.3) is 0 Å². The molecule has 3 rings (SSSR count). The molecular formula is C14H17N3O2S. The summed E-state index contributed by atoms with van der Waals surface area (Å²) in [5.41, 5.74) is 2.98. The van der Waals surface area contributed by atoms with Crippen LogP contribution in [-0.2, 0) is 22.8 Å². The number of imidazole rings is 1. The van der Waals surface area contributed by atoms with Crippen molar-refractivity contribution in [2.24, 2.45) is 0 Å². The van der Waals surface area contributed by atoms with E-state index >= 15 is 0 Å². The largest absolute Gasteiger partial charge is 0.341 e. The van der Waals surface area contributed by atoms with Gasteiger partial charge < -0.3 is 10.3 Å². The SMILES string of the molecule is CCS(=O)(=O)c1cccc(-c2nc3c([nH]2)CNCC3)c1. The smallest absolute Gasteiger partial charge is 0.178 e. The maximum Gasteiger partial charge on any atom is 0.178 e. The van der Waals surface area contributed by atoms with Gasteiger partial charge in [0.05, 0.1) is 22.0 Å². The van der Waals surface area contributed by atoms with Crippen LogP contribution >= 0.6 is 0 Å². The molecule has 0 saturated heterocycles. The van der Waals surface area contributed by atoms with E-state index in [4.69, 9.17) is 0 Å². The topological polar surface area (TPSA) is 74.8 Å². The van der Waals surface area contributed by atoms with Crippen LogP contribution < -0.4 is 5.32 Å². The monoisotopic (exact) mass is 291 g/mol. The second kappa shape index (κ2) is 5.03. The number of sulfone groups is 1. The third kappa shape index (κ3) is 2.36. The average molecular weight is 291 g/mol. The standard InChI is InChI=1S/C14H17N3O2S/c1-2-20(18,19)11-5-3-4-10(8-11)14-16-12-6-7-15-9-13(12)17-14/h3-5,8,15H,2,6-7,9H2,1H3,(H,16,17). The third-order valence-corrected chi connectivity index (χ3v) is 5.28. The minimum atomic E-state index is -3.18. The Morgan fingerprint density at radius 1 is 1.35 bits per heavy atom. The highest BCUT2D eigenvalue weighted by Crippen LogP contribution is 2.23. The fraction of sp³-hybridized carbons (Fsp3) is 0.357. The molecule has 0 saturated carbocycles. The number of nitrogens with zero attached hydrogens (tertiary/aromatic N) is 1. The van der Waals surface area contributed by atoms with Crippen molar-refractivity contribution in [2.75, 3.05) is 12.3 Å². The molecule has 6 heteroatoms. The molecule has 0 spiro atoms. The van der Waals surface area contributed by atoms with E-state index in [0.29, 0.717) is 4.90 Å². The number of hydrogen-bond donors (Lipinski definition) is 2. The van der Waals surface area contributed by atoms with Crippen LogP contribution in [0.5, 0.6) is 0 Å². The van der Waals surface area contributed by atoms with Crippen LogP contribution in [0.1, 0.15) is 18.3 Å². The van der Waals surface area contributed by atoms with Gasteiger partial charge in [0.2, 0.25) is 0 Å². The summed E-state index contributed by atoms with van der Waals surface area (Å²) in [4.78, 5) is 8.21. The zero-order chi connectivity index (χ0) is 14.2. The van der Waals surface area contributed by atoms with Gasteiger partial charge in [0, 0.05) is 25.1 Å². The maximum absolute atomic E-state index is 11.9. The normalized spacial score (nSPS) is 15.1. The van der Waals surface area contributed by atoms with Crippen LogP contribution in [0, 0.1) is 0 Å². The van der Waals surface area contributed by atoms with Crippen molar-refractivity contribution in [3.8, 4) is 11.4 Å². The first-order chi connectivity index (χ1) is 9.60. The number of rotatable bonds is 3. The van der Waals surface area contributed by atoms with E-state index < -0.39 is 9.84 Å². The molecule has 2 heterocycles. The van der Waals surface area contributed by atoms with Crippen molar-refractivity contribution in [3.05, 3.63) is 35.7 Å². The molecule has 20 heavy (non-hydrogen) atoms. The Morgan fingerprint density at radius 2 is 2.20 bits per heavy atom. The number of aromatic nitrogens is 2. The molecule has 5 nitrogen and oxygen atoms in total. The minimum absolute atomic E-state index is 0.106. The first-order valence-corrected chi connectivity index (χ1v) is 8.37. The van der Waals surface area contributed by atoms with Crippen molar-refractivity contribution in [1.82, 2.24) is 15.3 Å². The van der Waals surface area contributed by atoms with Crippen molar-refractivity contribution in [2.45, 2.75) is 24.8 Å². The molecule has 0 amide bonds. The molecule has 1 aliphatic rings. The third-order valence-electron chi connectivity index (χ3n) is 3.55. The predicted octanol–water partition coefficient (Wildman–Crippen LogP) is 1.52. The van der Waals surface area contributed by atoms with Crippen LogP contribution in [0.15, 0.2) is 29.2 Å². The Bertz CT molecular complexity index is 711. The fourth-order valence-corrected chi connectivity index (χ4v) is 3.28. The van der Waals surface area contributed by atoms with E-state index in [1.807, 2.05) is 6.07 Å². The molecule has 0 bridgehead atoms. The van der Waals surface area contributed by atoms with Gasteiger partial charge in [-0.25, -0.2) is 13.4 Å². The summed E-state index contributed by atoms with van der Waals surface area (Å²) >= 11 is 0. The Balaban J connectivity index is 2.02. The molecule has 1 aromatic carbocycles. The average Bonchev–Trinajstić information content (AvgIpc) is 2.91. The summed E-state index contributed by atoms with van der Waals surface area (Å²) in [6, 6.07) is 6.97. The van der Waals surface area contributed by atoms with Crippen molar-refractivity contribution < 1.29 is 8.42 Å². The molecule has 0 atom stereocenters. The Morgan fingerprint density at radius 3 is 2.95 bits per heavy atom. The van der Waals surface area contributed by atoms with Crippen LogP contribution in [0.25, 0.3) is 11.4 Å². The first kappa shape index (κ1) is 13.3. The van der Waals surface area contributed by atoms with E-state index in [-0.39, 0.29) is 5.75 Å². The van der Waals surface area contributed by atoms with Gasteiger partial charge in [-0.15, -0.1) is 0 Å². The summed E-state index contributed by atoms with van der Waals surface area (Å²) in [7, 11) is -3.18. The number of H-pyrrole nitrogens is 1. The Hall–Kier alpha value is -1.66. The van der Waals surface area contributed by atoms with Crippen molar-refractivity contribution >= 4 is 9.84 Å². The summed E-state index contributed by atoms with van der Waals surface area (Å²) < 4.78 is 23.9. The van der Waals surface area contributed by atoms with E-state index in [1.54, 1.807) is 25.1 Å². The molecule has 1 aromatic heterocycles. The van der Waals surface area contributed by atoms with E-state index in [0.717, 1.165) is 42.3 Å². The zero-order valence-corrected chi connectivity index (χ0v) is 12.1. The molecular weight excluding hydrogens is 274 g/mol. The van der Waals surface area contributed by atoms with Gasteiger partial charge in [-0.3, -0.25) is 0 Å². The Kier molecular flexibility index (Phi) is 3.35. The second-order valence-electron chi connectivity index (χ2n) is 4.87. The molecule has 0 radical (unpaired) electrons. The van der Waals surface area contributed by atoms with E-state index in [9.17, 15) is 8.42 Å². The quantitative estimate of drug-likeness (QED) is 0.899. The molecule has 2 N–H and O–H groups in total. The summed E-state index contributed by atoms with van der Waals surface area (Å²) in [5, 5.41) is 3.28. The molecule has 0 fully saturated rings. The lowest BCUT2D eigenvalue weighted by molar-refractivity contribution is 0.597. The lowest BCUT2D eigenvalue weighted by atomic mass is 10.2. The first-order valence-electron chi connectivity index (χ1n) is 6.72. The Labute approximate surface area is 118 Å². The van der Waals surface area contributed by atoms with Gasteiger partial charge in [-0.05, 0) is 12.1 Å². The number of benzene rings is 1. The van der Waals surface area contributed by atoms with Gasteiger partial charge in [-0.2, -0.15) is 0 Å². The fourth-order valence-electron chi connectivity index (χ4n) is 2.36. The zero-order valence-electron chi connectivity index (χ0n) is 11.3. The highest BCUT2D eigenvalue weighted by molar-refractivity contribution is 7.91. The molecule has 1 aliphatic heterocycles. The van der Waals surface area contributed by atoms with Gasteiger partial charge in [-0.1, -0.05) is 19.1 Å². The van der Waals surface area contributed by atoms with Crippen molar-refractivity contribution in [1.29, 1.82) is 0 Å². The summed E-state index contributed by atoms with van der Waals surface area (Å²) in [5.74, 6) is 0.849. The van der Waals surface area contributed by atoms with Gasteiger partial charge in [0.1, 0.15) is 5.82 Å². The number of hydrogen-bond acceptors (Lipinski definition) is 4. The molecule has 106 valence electrons. The number of fused-ring (bicyclic) bond motifs is 1. The highest BCUT2D eigenvalue weighted by Gasteiger charge is 2.17. The number of nitrogens with one attached hydrogen (secondary N) is 2. The second-order valence-corrected chi connectivity index (χ2v) is 7.15. The number of aromatic amines is 1. The molecule has 2 aromatic rings. The molecule has 0 unspecified atom stereocenters. The van der Waals surface area contributed by atoms with Gasteiger partial charge in [0.15, 0.2) is 9.84 Å². The lowest BCUT2D eigenvalue weighted by Gasteiger charge is -2.09. The van der Waals surface area contributed by atoms with E-state index in [1.165, 1.54) is 0 Å². The van der Waals surface area contributed by atoms with Crippen LogP contribution in [0.3, 0.4) is 0 Å². The van der Waals surface area contributed by atoms with Gasteiger partial charge >= 0.3 is 0 Å². The van der Waals surface area contributed by atoms with E-state index in [2.05, 4.69) is 15.3 Å². The maximum atomic E-state index is 11.9. The summed E-state index contributed by atoms with van der Waals surface area (Å²) in [6.45, 7) is 3.37.